The highest BCUT2D eigenvalue weighted by Gasteiger charge is 2.20. The molecule has 0 aromatic carbocycles. The van der Waals surface area contributed by atoms with Crippen LogP contribution in [0.5, 0.6) is 0 Å². The lowest BCUT2D eigenvalue weighted by Crippen LogP contribution is -2.34. The molecule has 1 aromatic rings. The highest BCUT2D eigenvalue weighted by atomic mass is 32.2. The number of nitrogens with one attached hydrogen (secondary N) is 1. The molecule has 1 saturated carbocycles. The smallest absolute Gasteiger partial charge is 0.339 e. The van der Waals surface area contributed by atoms with Crippen molar-refractivity contribution in [3.63, 3.8) is 0 Å². The minimum absolute atomic E-state index is 0.341. The van der Waals surface area contributed by atoms with Crippen molar-refractivity contribution in [2.45, 2.75) is 43.5 Å². The van der Waals surface area contributed by atoms with E-state index < -0.39 is 0 Å². The van der Waals surface area contributed by atoms with E-state index in [1.54, 1.807) is 12.3 Å². The number of carbonyl (C=O) groups is 1. The number of hydrogen-bond acceptors (Lipinski definition) is 5. The van der Waals surface area contributed by atoms with Gasteiger partial charge in [0.25, 0.3) is 0 Å². The van der Waals surface area contributed by atoms with Crippen LogP contribution in [0.25, 0.3) is 0 Å². The van der Waals surface area contributed by atoms with Crippen LogP contribution in [-0.2, 0) is 11.3 Å². The van der Waals surface area contributed by atoms with Gasteiger partial charge < -0.3 is 10.1 Å². The minimum atomic E-state index is -0.341. The average molecular weight is 294 g/mol. The van der Waals surface area contributed by atoms with Gasteiger partial charge in [0, 0.05) is 24.0 Å². The van der Waals surface area contributed by atoms with E-state index in [0.29, 0.717) is 11.6 Å². The molecule has 20 heavy (non-hydrogen) atoms. The third-order valence-electron chi connectivity index (χ3n) is 3.78. The Hall–Kier alpha value is -1.07. The normalized spacial score (nSPS) is 22.5. The fraction of sp³-hybridized carbons (Fsp3) is 0.600. The first kappa shape index (κ1) is 15.3. The molecule has 0 amide bonds. The Morgan fingerprint density at radius 1 is 1.50 bits per heavy atom. The number of rotatable bonds is 5. The largest absolute Gasteiger partial charge is 0.465 e. The summed E-state index contributed by atoms with van der Waals surface area (Å²) in [6.07, 6.45) is 8.90. The highest BCUT2D eigenvalue weighted by molar-refractivity contribution is 7.99. The number of hydrogen-bond donors (Lipinski definition) is 1. The highest BCUT2D eigenvalue weighted by Crippen LogP contribution is 2.26. The molecule has 1 aliphatic rings. The second-order valence-electron chi connectivity index (χ2n) is 5.13. The fourth-order valence-electron chi connectivity index (χ4n) is 2.56. The number of ether oxygens (including phenoxy) is 1. The molecule has 0 radical (unpaired) electrons. The monoisotopic (exact) mass is 294 g/mol. The first-order valence-corrected chi connectivity index (χ1v) is 8.31. The lowest BCUT2D eigenvalue weighted by atomic mass is 9.95. The number of thioether (sulfide) groups is 1. The molecule has 0 aliphatic heterocycles. The van der Waals surface area contributed by atoms with E-state index in [4.69, 9.17) is 0 Å². The average Bonchev–Trinajstić information content (AvgIpc) is 2.53. The summed E-state index contributed by atoms with van der Waals surface area (Å²) in [5, 5.41) is 4.36. The molecule has 0 spiro atoms. The molecule has 4 nitrogen and oxygen atoms in total. The number of aromatic nitrogens is 1. The summed E-state index contributed by atoms with van der Waals surface area (Å²) >= 11 is 1.97. The van der Waals surface area contributed by atoms with Gasteiger partial charge in [-0.15, -0.1) is 0 Å². The second-order valence-corrected chi connectivity index (χ2v) is 6.27. The van der Waals surface area contributed by atoms with E-state index >= 15 is 0 Å². The molecule has 1 aromatic heterocycles. The van der Waals surface area contributed by atoms with Gasteiger partial charge in [-0.25, -0.2) is 4.79 Å². The predicted octanol–water partition coefficient (Wildman–Crippen LogP) is 2.63. The second kappa shape index (κ2) is 7.64. The van der Waals surface area contributed by atoms with Crippen LogP contribution in [0, 0.1) is 0 Å². The summed E-state index contributed by atoms with van der Waals surface area (Å²) in [4.78, 5) is 15.6. The Bertz CT molecular complexity index is 436. The van der Waals surface area contributed by atoms with Gasteiger partial charge in [0.2, 0.25) is 0 Å². The first-order chi connectivity index (χ1) is 9.72. The molecule has 110 valence electrons. The molecule has 5 heteroatoms. The van der Waals surface area contributed by atoms with Crippen molar-refractivity contribution < 1.29 is 9.53 Å². The van der Waals surface area contributed by atoms with Crippen molar-refractivity contribution in [1.29, 1.82) is 0 Å². The minimum Gasteiger partial charge on any atom is -0.465 e. The molecule has 1 aliphatic carbocycles. The van der Waals surface area contributed by atoms with Gasteiger partial charge in [-0.2, -0.15) is 11.8 Å². The zero-order valence-electron chi connectivity index (χ0n) is 12.1. The SMILES string of the molecule is COC(=O)c1ccc(CNC2CCCC(SC)C2)nc1. The van der Waals surface area contributed by atoms with Crippen LogP contribution >= 0.6 is 11.8 Å². The van der Waals surface area contributed by atoms with Gasteiger partial charge in [-0.1, -0.05) is 6.42 Å². The summed E-state index contributed by atoms with van der Waals surface area (Å²) in [5.41, 5.74) is 1.46. The van der Waals surface area contributed by atoms with Crippen molar-refractivity contribution in [3.05, 3.63) is 29.6 Å². The van der Waals surface area contributed by atoms with Crippen LogP contribution in [0.2, 0.25) is 0 Å². The topological polar surface area (TPSA) is 51.2 Å². The summed E-state index contributed by atoms with van der Waals surface area (Å²) < 4.78 is 4.66. The Morgan fingerprint density at radius 2 is 2.35 bits per heavy atom. The molecular formula is C15H22N2O2S. The van der Waals surface area contributed by atoms with E-state index in [2.05, 4.69) is 21.3 Å². The molecule has 0 bridgehead atoms. The van der Waals surface area contributed by atoms with Crippen molar-refractivity contribution >= 4 is 17.7 Å². The first-order valence-electron chi connectivity index (χ1n) is 7.02. The van der Waals surface area contributed by atoms with Gasteiger partial charge in [-0.3, -0.25) is 4.98 Å². The van der Waals surface area contributed by atoms with Gasteiger partial charge in [0.05, 0.1) is 18.4 Å². The Labute approximate surface area is 124 Å². The number of methoxy groups -OCH3 is 1. The van der Waals surface area contributed by atoms with Crippen LogP contribution in [0.4, 0.5) is 0 Å². The van der Waals surface area contributed by atoms with Crippen molar-refractivity contribution in [1.82, 2.24) is 10.3 Å². The lowest BCUT2D eigenvalue weighted by molar-refractivity contribution is 0.0600. The van der Waals surface area contributed by atoms with Crippen LogP contribution in [0.15, 0.2) is 18.3 Å². The molecule has 1 fully saturated rings. The van der Waals surface area contributed by atoms with E-state index in [1.165, 1.54) is 32.8 Å². The molecular weight excluding hydrogens is 272 g/mol. The number of carbonyl (C=O) groups excluding carboxylic acids is 1. The van der Waals surface area contributed by atoms with Gasteiger partial charge in [0.1, 0.15) is 0 Å². The summed E-state index contributed by atoms with van der Waals surface area (Å²) in [6.45, 7) is 0.757. The maximum atomic E-state index is 11.3. The van der Waals surface area contributed by atoms with E-state index in [1.807, 2.05) is 17.8 Å². The maximum Gasteiger partial charge on any atom is 0.339 e. The molecule has 2 atom stereocenters. The van der Waals surface area contributed by atoms with Gasteiger partial charge >= 0.3 is 5.97 Å². The van der Waals surface area contributed by atoms with Crippen LogP contribution in [-0.4, -0.2) is 35.6 Å². The third-order valence-corrected chi connectivity index (χ3v) is 4.87. The molecule has 2 unspecified atom stereocenters. The number of esters is 1. The van der Waals surface area contributed by atoms with Crippen LogP contribution in [0.1, 0.15) is 41.7 Å². The van der Waals surface area contributed by atoms with Crippen LogP contribution < -0.4 is 5.32 Å². The zero-order valence-corrected chi connectivity index (χ0v) is 12.9. The lowest BCUT2D eigenvalue weighted by Gasteiger charge is -2.28. The van der Waals surface area contributed by atoms with E-state index in [9.17, 15) is 4.79 Å². The number of nitrogens with zero attached hydrogens (tertiary/aromatic N) is 1. The Balaban J connectivity index is 1.83. The van der Waals surface area contributed by atoms with Crippen molar-refractivity contribution in [2.75, 3.05) is 13.4 Å². The van der Waals surface area contributed by atoms with Crippen molar-refractivity contribution in [2.24, 2.45) is 0 Å². The summed E-state index contributed by atoms with van der Waals surface area (Å²) in [6, 6.07) is 4.23. The third kappa shape index (κ3) is 4.21. The summed E-state index contributed by atoms with van der Waals surface area (Å²) in [7, 11) is 1.38. The maximum absolute atomic E-state index is 11.3. The Morgan fingerprint density at radius 3 is 3.00 bits per heavy atom. The van der Waals surface area contributed by atoms with E-state index in [-0.39, 0.29) is 5.97 Å². The van der Waals surface area contributed by atoms with Gasteiger partial charge in [-0.05, 0) is 37.7 Å². The van der Waals surface area contributed by atoms with E-state index in [0.717, 1.165) is 17.5 Å². The predicted molar refractivity (Wildman–Crippen MR) is 82.0 cm³/mol. The Kier molecular flexibility index (Phi) is 5.86. The zero-order chi connectivity index (χ0) is 14.4. The molecule has 2 rings (SSSR count). The standard InChI is InChI=1S/C15H22N2O2S/c1-19-15(18)11-6-7-13(16-9-11)10-17-12-4-3-5-14(8-12)20-2/h6-7,9,12,14,17H,3-5,8,10H2,1-2H3. The van der Waals surface area contributed by atoms with Gasteiger partial charge in [0.15, 0.2) is 0 Å². The molecule has 1 heterocycles. The summed E-state index contributed by atoms with van der Waals surface area (Å²) in [5.74, 6) is -0.341. The van der Waals surface area contributed by atoms with Crippen molar-refractivity contribution in [3.8, 4) is 0 Å². The fourth-order valence-corrected chi connectivity index (χ4v) is 3.39. The number of pyridine rings is 1. The quantitative estimate of drug-likeness (QED) is 0.846. The molecule has 1 N–H and O–H groups in total. The van der Waals surface area contributed by atoms with Crippen LogP contribution in [0.3, 0.4) is 0 Å². The molecule has 0 saturated heterocycles.